The molecule has 0 spiro atoms. The van der Waals surface area contributed by atoms with Gasteiger partial charge in [0.2, 0.25) is 0 Å². The molecule has 15 aromatic rings. The van der Waals surface area contributed by atoms with Gasteiger partial charge in [0, 0.05) is 63.6 Å². The minimum atomic E-state index is 0.899. The SMILES string of the molecule is C1=Cc2c(sc3c(-n4c5ccccc5c5ccc(-c6cc(-c7ccc8c(c7)c7ccccc7n8-c7cccc8c7sc7ccccc78)cc(-c7cccc8c7oc7ccccc78)c6)cc54)cccc23)CC1. The Balaban J connectivity index is 0.931. The van der Waals surface area contributed by atoms with Crippen LogP contribution in [0.4, 0.5) is 0 Å². The van der Waals surface area contributed by atoms with Crippen molar-refractivity contribution in [3.63, 3.8) is 0 Å². The molecule has 0 amide bonds. The molecule has 0 atom stereocenters. The summed E-state index contributed by atoms with van der Waals surface area (Å²) in [6, 6.07) is 76.5. The number of rotatable bonds is 5. The first-order chi connectivity index (χ1) is 35.2. The second-order valence-electron chi connectivity index (χ2n) is 19.0. The third-order valence-corrected chi connectivity index (χ3v) is 17.7. The van der Waals surface area contributed by atoms with E-state index in [1.54, 1.807) is 0 Å². The van der Waals surface area contributed by atoms with Gasteiger partial charge in [-0.05, 0) is 119 Å². The average molecular weight is 941 g/mol. The number of furan rings is 1. The smallest absolute Gasteiger partial charge is 0.143 e. The van der Waals surface area contributed by atoms with Gasteiger partial charge >= 0.3 is 0 Å². The van der Waals surface area contributed by atoms with E-state index in [-0.39, 0.29) is 0 Å². The lowest BCUT2D eigenvalue weighted by Crippen LogP contribution is -1.94. The molecule has 0 N–H and O–H groups in total. The average Bonchev–Trinajstić information content (AvgIpc) is 4.25. The van der Waals surface area contributed by atoms with Crippen LogP contribution in [-0.2, 0) is 6.42 Å². The molecule has 1 aliphatic rings. The number of thiophene rings is 2. The van der Waals surface area contributed by atoms with Crippen molar-refractivity contribution in [2.45, 2.75) is 12.8 Å². The summed E-state index contributed by atoms with van der Waals surface area (Å²) in [4.78, 5) is 1.48. The van der Waals surface area contributed by atoms with E-state index in [2.05, 4.69) is 228 Å². The van der Waals surface area contributed by atoms with E-state index in [9.17, 15) is 0 Å². The highest BCUT2D eigenvalue weighted by Crippen LogP contribution is 2.46. The Bertz CT molecular complexity index is 4780. The van der Waals surface area contributed by atoms with E-state index in [1.165, 1.54) is 95.7 Å². The Morgan fingerprint density at radius 2 is 0.972 bits per heavy atom. The summed E-state index contributed by atoms with van der Waals surface area (Å²) < 4.78 is 15.7. The molecule has 0 bridgehead atoms. The first kappa shape index (κ1) is 39.4. The van der Waals surface area contributed by atoms with Crippen molar-refractivity contribution in [2.24, 2.45) is 0 Å². The molecule has 5 heterocycles. The monoisotopic (exact) mass is 940 g/mol. The Hall–Kier alpha value is -8.48. The van der Waals surface area contributed by atoms with Crippen molar-refractivity contribution in [3.8, 4) is 44.8 Å². The number of hydrogen-bond donors (Lipinski definition) is 0. The summed E-state index contributed by atoms with van der Waals surface area (Å²) in [6.07, 6.45) is 6.86. The van der Waals surface area contributed by atoms with Crippen LogP contribution in [0.2, 0.25) is 0 Å². The molecule has 0 aliphatic heterocycles. The molecule has 71 heavy (non-hydrogen) atoms. The first-order valence-corrected chi connectivity index (χ1v) is 26.1. The van der Waals surface area contributed by atoms with Crippen LogP contribution in [0, 0.1) is 0 Å². The van der Waals surface area contributed by atoms with Crippen LogP contribution in [0.1, 0.15) is 16.9 Å². The lowest BCUT2D eigenvalue weighted by molar-refractivity contribution is 0.670. The van der Waals surface area contributed by atoms with E-state index in [4.69, 9.17) is 4.42 Å². The molecule has 0 saturated carbocycles. The molecule has 5 heteroatoms. The minimum Gasteiger partial charge on any atom is -0.455 e. The fraction of sp³-hybridized carbons (Fsp3) is 0.0303. The Kier molecular flexibility index (Phi) is 8.32. The standard InChI is InChI=1S/C66H40N2OS2/c1-6-23-55-45(14-1)47-32-30-40(38-60(47)68(55)59-26-13-22-53-50-18-5-10-29-63(50)71-66(53)59)42-34-41(35-43(36-42)44-19-11-20-51-48-16-3-8-27-61(48)69-64(44)51)39-31-33-57-54(37-39)46-15-2-7-24-56(46)67(57)58-25-12-21-52-49-17-4-9-28-62(49)70-65(52)58/h1-9,11-28,30-38H,10,29H2. The number of allylic oxidation sites excluding steroid dienone is 1. The van der Waals surface area contributed by atoms with Crippen LogP contribution in [0.25, 0.3) is 147 Å². The summed E-state index contributed by atoms with van der Waals surface area (Å²) in [6.45, 7) is 0. The molecule has 16 rings (SSSR count). The molecular weight excluding hydrogens is 901 g/mol. The van der Waals surface area contributed by atoms with Gasteiger partial charge in [0.15, 0.2) is 0 Å². The first-order valence-electron chi connectivity index (χ1n) is 24.4. The summed E-state index contributed by atoms with van der Waals surface area (Å²) in [7, 11) is 0. The number of hydrogen-bond acceptors (Lipinski definition) is 3. The molecule has 0 radical (unpaired) electrons. The van der Waals surface area contributed by atoms with Crippen LogP contribution in [0.15, 0.2) is 217 Å². The predicted molar refractivity (Wildman–Crippen MR) is 304 cm³/mol. The summed E-state index contributed by atoms with van der Waals surface area (Å²) in [5.74, 6) is 0. The highest BCUT2D eigenvalue weighted by Gasteiger charge is 2.22. The van der Waals surface area contributed by atoms with Gasteiger partial charge in [0.05, 0.1) is 42.8 Å². The van der Waals surface area contributed by atoms with Gasteiger partial charge < -0.3 is 13.6 Å². The lowest BCUT2D eigenvalue weighted by atomic mass is 9.92. The zero-order valence-corrected chi connectivity index (χ0v) is 40.0. The lowest BCUT2D eigenvalue weighted by Gasteiger charge is -2.14. The molecule has 3 nitrogen and oxygen atoms in total. The third kappa shape index (κ3) is 5.76. The topological polar surface area (TPSA) is 23.0 Å². The molecule has 10 aromatic carbocycles. The number of benzene rings is 10. The highest BCUT2D eigenvalue weighted by molar-refractivity contribution is 7.26. The number of aryl methyl sites for hydroxylation is 1. The molecule has 0 fully saturated rings. The van der Waals surface area contributed by atoms with E-state index >= 15 is 0 Å². The summed E-state index contributed by atoms with van der Waals surface area (Å²) >= 11 is 3.84. The van der Waals surface area contributed by atoms with Gasteiger partial charge in [0.1, 0.15) is 11.2 Å². The van der Waals surface area contributed by atoms with Crippen molar-refractivity contribution in [1.82, 2.24) is 9.13 Å². The minimum absolute atomic E-state index is 0.899. The maximum absolute atomic E-state index is 6.74. The normalized spacial score (nSPS) is 12.9. The Morgan fingerprint density at radius 3 is 1.80 bits per heavy atom. The summed E-state index contributed by atoms with van der Waals surface area (Å²) in [5.41, 5.74) is 17.3. The van der Waals surface area contributed by atoms with Crippen LogP contribution in [-0.4, -0.2) is 9.13 Å². The quantitative estimate of drug-likeness (QED) is 0.169. The van der Waals surface area contributed by atoms with Gasteiger partial charge in [-0.2, -0.15) is 0 Å². The number of fused-ring (bicyclic) bond motifs is 15. The van der Waals surface area contributed by atoms with Crippen LogP contribution < -0.4 is 0 Å². The van der Waals surface area contributed by atoms with Crippen LogP contribution in [0.3, 0.4) is 0 Å². The van der Waals surface area contributed by atoms with Crippen LogP contribution in [0.5, 0.6) is 0 Å². The van der Waals surface area contributed by atoms with Crippen molar-refractivity contribution in [3.05, 3.63) is 223 Å². The van der Waals surface area contributed by atoms with E-state index in [0.29, 0.717) is 0 Å². The maximum Gasteiger partial charge on any atom is 0.143 e. The van der Waals surface area contributed by atoms with Gasteiger partial charge in [-0.25, -0.2) is 0 Å². The Morgan fingerprint density at radius 1 is 0.380 bits per heavy atom. The van der Waals surface area contributed by atoms with Crippen LogP contribution >= 0.6 is 22.7 Å². The largest absolute Gasteiger partial charge is 0.455 e. The highest BCUT2D eigenvalue weighted by atomic mass is 32.1. The third-order valence-electron chi connectivity index (χ3n) is 15.2. The summed E-state index contributed by atoms with van der Waals surface area (Å²) in [5, 5.41) is 11.2. The molecule has 332 valence electrons. The molecular formula is C66H40N2OS2. The molecule has 0 unspecified atom stereocenters. The zero-order chi connectivity index (χ0) is 46.3. The van der Waals surface area contributed by atoms with E-state index in [0.717, 1.165) is 68.2 Å². The van der Waals surface area contributed by atoms with Crippen molar-refractivity contribution in [1.29, 1.82) is 0 Å². The van der Waals surface area contributed by atoms with E-state index in [1.807, 2.05) is 22.7 Å². The van der Waals surface area contributed by atoms with Gasteiger partial charge in [-0.3, -0.25) is 0 Å². The number of para-hydroxylation sites is 4. The van der Waals surface area contributed by atoms with Crippen molar-refractivity contribution < 1.29 is 4.42 Å². The molecule has 1 aliphatic carbocycles. The number of nitrogens with zero attached hydrogens (tertiary/aromatic N) is 2. The van der Waals surface area contributed by atoms with Crippen molar-refractivity contribution >= 4 is 125 Å². The zero-order valence-electron chi connectivity index (χ0n) is 38.3. The second kappa shape index (κ2) is 15.0. The Labute approximate surface area is 416 Å². The predicted octanol–water partition coefficient (Wildman–Crippen LogP) is 19.3. The fourth-order valence-electron chi connectivity index (χ4n) is 12.0. The second-order valence-corrected chi connectivity index (χ2v) is 21.2. The molecule has 5 aromatic heterocycles. The number of aromatic nitrogens is 2. The van der Waals surface area contributed by atoms with E-state index < -0.39 is 0 Å². The molecule has 0 saturated heterocycles. The van der Waals surface area contributed by atoms with Gasteiger partial charge in [-0.15, -0.1) is 22.7 Å². The maximum atomic E-state index is 6.74. The van der Waals surface area contributed by atoms with Gasteiger partial charge in [0.25, 0.3) is 0 Å². The fourth-order valence-corrected chi connectivity index (χ4v) is 14.5. The van der Waals surface area contributed by atoms with Crippen molar-refractivity contribution in [2.75, 3.05) is 0 Å². The van der Waals surface area contributed by atoms with Gasteiger partial charge in [-0.1, -0.05) is 146 Å².